The lowest BCUT2D eigenvalue weighted by Gasteiger charge is -2.20. The van der Waals surface area contributed by atoms with Gasteiger partial charge >= 0.3 is 0 Å². The van der Waals surface area contributed by atoms with E-state index in [9.17, 15) is 0 Å². The summed E-state index contributed by atoms with van der Waals surface area (Å²) in [4.78, 5) is 14.3. The summed E-state index contributed by atoms with van der Waals surface area (Å²) in [5.41, 5.74) is 6.45. The van der Waals surface area contributed by atoms with Crippen molar-refractivity contribution in [3.8, 4) is 22.5 Å². The fourth-order valence-corrected chi connectivity index (χ4v) is 4.12. The molecule has 0 aliphatic carbocycles. The van der Waals surface area contributed by atoms with Gasteiger partial charge in [0.05, 0.1) is 17.1 Å². The number of anilines is 2. The van der Waals surface area contributed by atoms with Crippen LogP contribution in [0.2, 0.25) is 0 Å². The maximum Gasteiger partial charge on any atom is 0.229 e. The Morgan fingerprint density at radius 2 is 1.61 bits per heavy atom. The summed E-state index contributed by atoms with van der Waals surface area (Å²) in [5.74, 6) is 0.605. The molecule has 0 saturated carbocycles. The molecule has 3 heterocycles. The van der Waals surface area contributed by atoms with E-state index in [-0.39, 0.29) is 0 Å². The van der Waals surface area contributed by atoms with Crippen LogP contribution in [0.4, 0.5) is 11.1 Å². The molecule has 0 bridgehead atoms. The van der Waals surface area contributed by atoms with Gasteiger partial charge in [-0.15, -0.1) is 11.3 Å². The second-order valence-electron chi connectivity index (χ2n) is 6.64. The monoisotopic (exact) mass is 385 g/mol. The van der Waals surface area contributed by atoms with Gasteiger partial charge in [0.1, 0.15) is 0 Å². The predicted molar refractivity (Wildman–Crippen MR) is 114 cm³/mol. The molecule has 138 valence electrons. The fraction of sp³-hybridized carbons (Fsp3) is 0.136. The maximum atomic E-state index is 4.84. The van der Waals surface area contributed by atoms with Crippen LogP contribution in [-0.2, 0) is 13.0 Å². The average Bonchev–Trinajstić information content (AvgIpc) is 3.23. The van der Waals surface area contributed by atoms with Gasteiger partial charge in [0.25, 0.3) is 0 Å². The Labute approximate surface area is 167 Å². The van der Waals surface area contributed by atoms with E-state index >= 15 is 0 Å². The molecular formula is C22H19N5S. The minimum atomic E-state index is 0.605. The molecule has 28 heavy (non-hydrogen) atoms. The van der Waals surface area contributed by atoms with E-state index in [2.05, 4.69) is 40.3 Å². The van der Waals surface area contributed by atoms with Crippen molar-refractivity contribution >= 4 is 22.4 Å². The normalized spacial score (nSPS) is 13.1. The van der Waals surface area contributed by atoms with E-state index in [0.29, 0.717) is 5.95 Å². The average molecular weight is 385 g/mol. The van der Waals surface area contributed by atoms with Gasteiger partial charge in [0.15, 0.2) is 5.13 Å². The lowest BCUT2D eigenvalue weighted by atomic mass is 10.0. The highest BCUT2D eigenvalue weighted by Crippen LogP contribution is 2.30. The first kappa shape index (κ1) is 17.0. The van der Waals surface area contributed by atoms with Gasteiger partial charge < -0.3 is 10.6 Å². The molecule has 5 nitrogen and oxygen atoms in total. The van der Waals surface area contributed by atoms with Crippen LogP contribution >= 0.6 is 11.3 Å². The molecule has 0 amide bonds. The topological polar surface area (TPSA) is 62.7 Å². The Balaban J connectivity index is 1.50. The molecule has 2 N–H and O–H groups in total. The van der Waals surface area contributed by atoms with Crippen molar-refractivity contribution < 1.29 is 0 Å². The third kappa shape index (κ3) is 3.40. The van der Waals surface area contributed by atoms with Gasteiger partial charge in [-0.1, -0.05) is 60.7 Å². The van der Waals surface area contributed by atoms with Crippen LogP contribution in [0.1, 0.15) is 11.3 Å². The SMILES string of the molecule is c1ccc(-c2csc(Nc3nc4c(c(-c5ccccc5)n3)CNCC4)n2)cc1. The van der Waals surface area contributed by atoms with Crippen molar-refractivity contribution in [3.05, 3.63) is 77.3 Å². The highest BCUT2D eigenvalue weighted by atomic mass is 32.1. The number of nitrogens with one attached hydrogen (secondary N) is 2. The molecule has 0 atom stereocenters. The van der Waals surface area contributed by atoms with Gasteiger partial charge in [-0.05, 0) is 0 Å². The first-order valence-corrected chi connectivity index (χ1v) is 10.2. The van der Waals surface area contributed by atoms with Crippen molar-refractivity contribution in [1.82, 2.24) is 20.3 Å². The van der Waals surface area contributed by atoms with Crippen LogP contribution in [0.3, 0.4) is 0 Å². The minimum Gasteiger partial charge on any atom is -0.312 e. The summed E-state index contributed by atoms with van der Waals surface area (Å²) in [6.07, 6.45) is 0.902. The van der Waals surface area contributed by atoms with Crippen molar-refractivity contribution in [3.63, 3.8) is 0 Å². The van der Waals surface area contributed by atoms with Gasteiger partial charge in [-0.3, -0.25) is 0 Å². The molecule has 2 aromatic heterocycles. The van der Waals surface area contributed by atoms with Gasteiger partial charge in [-0.25, -0.2) is 15.0 Å². The highest BCUT2D eigenvalue weighted by Gasteiger charge is 2.19. The van der Waals surface area contributed by atoms with Crippen LogP contribution in [0, 0.1) is 0 Å². The zero-order chi connectivity index (χ0) is 18.8. The van der Waals surface area contributed by atoms with E-state index in [1.165, 1.54) is 5.56 Å². The summed E-state index contributed by atoms with van der Waals surface area (Å²) >= 11 is 1.56. The molecule has 0 unspecified atom stereocenters. The zero-order valence-electron chi connectivity index (χ0n) is 15.2. The van der Waals surface area contributed by atoms with Crippen LogP contribution in [0.15, 0.2) is 66.0 Å². The first-order chi connectivity index (χ1) is 13.9. The van der Waals surface area contributed by atoms with Crippen LogP contribution in [-0.4, -0.2) is 21.5 Å². The number of fused-ring (bicyclic) bond motifs is 1. The smallest absolute Gasteiger partial charge is 0.229 e. The molecule has 1 aliphatic heterocycles. The number of nitrogens with zero attached hydrogens (tertiary/aromatic N) is 3. The molecular weight excluding hydrogens is 366 g/mol. The molecule has 6 heteroatoms. The standard InChI is InChI=1S/C22H19N5S/c1-3-7-15(8-4-1)19-14-28-22(25-19)27-21-24-18-11-12-23-13-17(18)20(26-21)16-9-5-2-6-10-16/h1-10,14,23H,11-13H2,(H,24,25,26,27). The van der Waals surface area contributed by atoms with Crippen LogP contribution in [0.25, 0.3) is 22.5 Å². The maximum absolute atomic E-state index is 4.84. The summed E-state index contributed by atoms with van der Waals surface area (Å²) in [6.45, 7) is 1.74. The fourth-order valence-electron chi connectivity index (χ4n) is 3.40. The van der Waals surface area contributed by atoms with E-state index in [1.807, 2.05) is 36.4 Å². The molecule has 0 spiro atoms. The second-order valence-corrected chi connectivity index (χ2v) is 7.50. The predicted octanol–water partition coefficient (Wildman–Crippen LogP) is 4.66. The Kier molecular flexibility index (Phi) is 4.56. The molecule has 2 aromatic carbocycles. The number of hydrogen-bond donors (Lipinski definition) is 2. The van der Waals surface area contributed by atoms with Gasteiger partial charge in [0.2, 0.25) is 5.95 Å². The molecule has 4 aromatic rings. The zero-order valence-corrected chi connectivity index (χ0v) is 16.0. The summed E-state index contributed by atoms with van der Waals surface area (Å²) in [5, 5.41) is 9.60. The molecule has 0 fully saturated rings. The first-order valence-electron chi connectivity index (χ1n) is 9.31. The summed E-state index contributed by atoms with van der Waals surface area (Å²) < 4.78 is 0. The Hall–Kier alpha value is -3.09. The highest BCUT2D eigenvalue weighted by molar-refractivity contribution is 7.14. The van der Waals surface area contributed by atoms with Crippen molar-refractivity contribution in [1.29, 1.82) is 0 Å². The van der Waals surface area contributed by atoms with Crippen molar-refractivity contribution in [2.75, 3.05) is 11.9 Å². The molecule has 5 rings (SSSR count). The molecule has 0 saturated heterocycles. The molecule has 1 aliphatic rings. The number of thiazole rings is 1. The van der Waals surface area contributed by atoms with Crippen molar-refractivity contribution in [2.45, 2.75) is 13.0 Å². The lowest BCUT2D eigenvalue weighted by Crippen LogP contribution is -2.26. The Morgan fingerprint density at radius 3 is 2.39 bits per heavy atom. The third-order valence-corrected chi connectivity index (χ3v) is 5.53. The van der Waals surface area contributed by atoms with E-state index in [0.717, 1.165) is 52.9 Å². The van der Waals surface area contributed by atoms with Crippen LogP contribution < -0.4 is 10.6 Å². The second kappa shape index (κ2) is 7.50. The number of rotatable bonds is 4. The minimum absolute atomic E-state index is 0.605. The summed E-state index contributed by atoms with van der Waals surface area (Å²) in [7, 11) is 0. The Morgan fingerprint density at radius 1 is 0.857 bits per heavy atom. The summed E-state index contributed by atoms with van der Waals surface area (Å²) in [6, 6.07) is 20.5. The quantitative estimate of drug-likeness (QED) is 0.535. The Bertz CT molecular complexity index is 1090. The number of benzene rings is 2. The van der Waals surface area contributed by atoms with E-state index in [1.54, 1.807) is 11.3 Å². The van der Waals surface area contributed by atoms with Crippen LogP contribution in [0.5, 0.6) is 0 Å². The number of aromatic nitrogens is 3. The van der Waals surface area contributed by atoms with E-state index < -0.39 is 0 Å². The lowest BCUT2D eigenvalue weighted by molar-refractivity contribution is 0.628. The molecule has 0 radical (unpaired) electrons. The van der Waals surface area contributed by atoms with Gasteiger partial charge in [0, 0.05) is 41.6 Å². The van der Waals surface area contributed by atoms with E-state index in [4.69, 9.17) is 15.0 Å². The third-order valence-electron chi connectivity index (χ3n) is 4.77. The number of hydrogen-bond acceptors (Lipinski definition) is 6. The largest absolute Gasteiger partial charge is 0.312 e. The van der Waals surface area contributed by atoms with Gasteiger partial charge in [-0.2, -0.15) is 0 Å². The van der Waals surface area contributed by atoms with Crippen molar-refractivity contribution in [2.24, 2.45) is 0 Å².